The summed E-state index contributed by atoms with van der Waals surface area (Å²) in [6, 6.07) is 5.95. The molecule has 0 N–H and O–H groups in total. The molecule has 9 heteroatoms. The van der Waals surface area contributed by atoms with Crippen molar-refractivity contribution in [3.63, 3.8) is 0 Å². The zero-order valence-electron chi connectivity index (χ0n) is 18.6. The van der Waals surface area contributed by atoms with Crippen LogP contribution < -0.4 is 0 Å². The normalized spacial score (nSPS) is 11.5. The summed E-state index contributed by atoms with van der Waals surface area (Å²) < 4.78 is 32.2. The first-order valence-electron chi connectivity index (χ1n) is 9.83. The number of aromatic nitrogens is 6. The Kier molecular flexibility index (Phi) is 6.47. The topological polar surface area (TPSA) is 61.4 Å². The molecule has 4 aromatic heterocycles. The first-order valence-corrected chi connectivity index (χ1v) is 9.83. The van der Waals surface area contributed by atoms with Gasteiger partial charge in [-0.05, 0) is 38.1 Å². The fourth-order valence-electron chi connectivity index (χ4n) is 3.30. The molecule has 0 unspecified atom stereocenters. The summed E-state index contributed by atoms with van der Waals surface area (Å²) in [7, 11) is 0. The monoisotopic (exact) mass is 615 g/mol. The molecule has 4 rings (SSSR count). The van der Waals surface area contributed by atoms with Crippen LogP contribution in [0.25, 0.3) is 11.6 Å². The Morgan fingerprint density at radius 1 is 0.719 bits per heavy atom. The van der Waals surface area contributed by atoms with Crippen LogP contribution in [-0.4, -0.2) is 29.1 Å². The van der Waals surface area contributed by atoms with E-state index in [0.29, 0.717) is 11.4 Å². The minimum atomic E-state index is -0.738. The predicted octanol–water partition coefficient (Wildman–Crippen LogP) is 4.28. The number of imidazole rings is 2. The van der Waals surface area contributed by atoms with Crippen molar-refractivity contribution >= 4 is 0 Å². The Balaban J connectivity index is 0.00000289. The number of aryl methyl sites for hydroxylation is 2. The predicted molar refractivity (Wildman–Crippen MR) is 111 cm³/mol. The van der Waals surface area contributed by atoms with Crippen LogP contribution in [0.1, 0.15) is 48.0 Å². The summed E-state index contributed by atoms with van der Waals surface area (Å²) in [6.07, 6.45) is 5.56. The second-order valence-corrected chi connectivity index (χ2v) is 8.06. The van der Waals surface area contributed by atoms with E-state index in [4.69, 9.17) is 0 Å². The minimum absolute atomic E-state index is 0. The first kappa shape index (κ1) is 23.9. The molecule has 0 aromatic carbocycles. The van der Waals surface area contributed by atoms with Gasteiger partial charge in [-0.1, -0.05) is 50.5 Å². The second-order valence-electron chi connectivity index (χ2n) is 8.06. The van der Waals surface area contributed by atoms with Gasteiger partial charge >= 0.3 is 21.1 Å². The molecule has 0 aliphatic carbocycles. The van der Waals surface area contributed by atoms with E-state index < -0.39 is 17.0 Å². The maximum absolute atomic E-state index is 14.6. The van der Waals surface area contributed by atoms with Gasteiger partial charge in [0.2, 0.25) is 0 Å². The van der Waals surface area contributed by atoms with Gasteiger partial charge < -0.3 is 19.1 Å². The molecule has 0 aliphatic heterocycles. The van der Waals surface area contributed by atoms with Crippen molar-refractivity contribution in [2.75, 3.05) is 0 Å². The molecule has 4 aromatic rings. The summed E-state index contributed by atoms with van der Waals surface area (Å²) in [4.78, 5) is 17.4. The number of hydrogen-bond donors (Lipinski definition) is 0. The standard InChI is InChI=1S/C23H22F2N6.Pt/c1-13-15(3)30(11-26-13)21-17(24)7-9-19(28-21)23(5,6)20-10-8-18(25)22(29-20)31-12-27-14(2)16(31)4;/h7-10H,1-6H3;/q-2;+2. The zero-order chi connectivity index (χ0) is 22.5. The van der Waals surface area contributed by atoms with Gasteiger partial charge in [-0.2, -0.15) is 0 Å². The molecule has 0 atom stereocenters. The fourth-order valence-corrected chi connectivity index (χ4v) is 3.30. The Morgan fingerprint density at radius 3 is 1.41 bits per heavy atom. The van der Waals surface area contributed by atoms with E-state index >= 15 is 0 Å². The van der Waals surface area contributed by atoms with Gasteiger partial charge in [0, 0.05) is 29.5 Å². The summed E-state index contributed by atoms with van der Waals surface area (Å²) >= 11 is 0. The molecule has 0 saturated carbocycles. The van der Waals surface area contributed by atoms with Crippen LogP contribution in [0.4, 0.5) is 8.78 Å². The number of pyridine rings is 2. The number of rotatable bonds is 4. The molecule has 4 heterocycles. The Hall–Kier alpha value is -2.73. The van der Waals surface area contributed by atoms with Crippen molar-refractivity contribution in [2.45, 2.75) is 47.0 Å². The second kappa shape index (κ2) is 8.66. The van der Waals surface area contributed by atoms with Crippen LogP contribution in [0.2, 0.25) is 0 Å². The third-order valence-electron chi connectivity index (χ3n) is 5.71. The molecule has 0 amide bonds. The van der Waals surface area contributed by atoms with Crippen molar-refractivity contribution in [3.8, 4) is 11.6 Å². The van der Waals surface area contributed by atoms with Gasteiger partial charge in [0.25, 0.3) is 0 Å². The molecular formula is C23H22F2N6Pt. The van der Waals surface area contributed by atoms with Crippen LogP contribution in [0.5, 0.6) is 0 Å². The summed E-state index contributed by atoms with van der Waals surface area (Å²) in [6.45, 7) is 11.1. The van der Waals surface area contributed by atoms with Crippen LogP contribution in [0.3, 0.4) is 0 Å². The van der Waals surface area contributed by atoms with Gasteiger partial charge in [-0.25, -0.2) is 8.78 Å². The van der Waals surface area contributed by atoms with Gasteiger partial charge in [0.05, 0.1) is 11.6 Å². The molecule has 0 bridgehead atoms. The number of halogens is 2. The van der Waals surface area contributed by atoms with Gasteiger partial charge in [-0.15, -0.1) is 0 Å². The smallest absolute Gasteiger partial charge is 0.413 e. The summed E-state index contributed by atoms with van der Waals surface area (Å²) in [5, 5.41) is 0. The van der Waals surface area contributed by atoms with E-state index in [9.17, 15) is 8.78 Å². The average Bonchev–Trinajstić information content (AvgIpc) is 3.24. The van der Waals surface area contributed by atoms with Gasteiger partial charge in [0.15, 0.2) is 0 Å². The van der Waals surface area contributed by atoms with Gasteiger partial charge in [0.1, 0.15) is 11.6 Å². The van der Waals surface area contributed by atoms with E-state index in [0.717, 1.165) is 22.8 Å². The Bertz CT molecular complexity index is 1190. The minimum Gasteiger partial charge on any atom is -0.413 e. The van der Waals surface area contributed by atoms with Crippen molar-refractivity contribution in [1.82, 2.24) is 29.1 Å². The van der Waals surface area contributed by atoms with E-state index in [-0.39, 0.29) is 32.7 Å². The van der Waals surface area contributed by atoms with E-state index in [1.54, 1.807) is 12.1 Å². The van der Waals surface area contributed by atoms with E-state index in [1.165, 1.54) is 21.3 Å². The summed E-state index contributed by atoms with van der Waals surface area (Å²) in [5.74, 6) is -0.743. The SMILES string of the molecule is Cc1n[c-]n(-c2nc(C(C)(C)c3ccc(F)c(-n4[c-]nc(C)c4C)n3)ccc2F)c1C.[Pt+2]. The van der Waals surface area contributed by atoms with Crippen LogP contribution in [0, 0.1) is 52.0 Å². The largest absolute Gasteiger partial charge is 2.00 e. The molecule has 32 heavy (non-hydrogen) atoms. The Morgan fingerprint density at radius 2 is 1.09 bits per heavy atom. The van der Waals surface area contributed by atoms with Crippen molar-refractivity contribution in [2.24, 2.45) is 0 Å². The quantitative estimate of drug-likeness (QED) is 0.322. The van der Waals surface area contributed by atoms with Crippen LogP contribution in [0.15, 0.2) is 24.3 Å². The molecule has 6 nitrogen and oxygen atoms in total. The number of hydrogen-bond acceptors (Lipinski definition) is 4. The average molecular weight is 616 g/mol. The fraction of sp³-hybridized carbons (Fsp3) is 0.304. The number of nitrogens with zero attached hydrogens (tertiary/aromatic N) is 6. The van der Waals surface area contributed by atoms with Crippen LogP contribution >= 0.6 is 0 Å². The van der Waals surface area contributed by atoms with Gasteiger partial charge in [-0.3, -0.25) is 9.97 Å². The third kappa shape index (κ3) is 3.92. The maximum atomic E-state index is 14.6. The van der Waals surface area contributed by atoms with E-state index in [2.05, 4.69) is 32.6 Å². The molecule has 0 fully saturated rings. The van der Waals surface area contributed by atoms with Crippen molar-refractivity contribution < 1.29 is 29.8 Å². The molecule has 0 saturated heterocycles. The maximum Gasteiger partial charge on any atom is 2.00 e. The molecule has 0 spiro atoms. The Labute approximate surface area is 200 Å². The van der Waals surface area contributed by atoms with E-state index in [1.807, 2.05) is 41.5 Å². The van der Waals surface area contributed by atoms with Crippen molar-refractivity contribution in [1.29, 1.82) is 0 Å². The third-order valence-corrected chi connectivity index (χ3v) is 5.71. The molecule has 0 aliphatic rings. The molecule has 0 radical (unpaired) electrons. The zero-order valence-corrected chi connectivity index (χ0v) is 20.8. The first-order chi connectivity index (χ1) is 14.6. The molecular weight excluding hydrogens is 593 g/mol. The van der Waals surface area contributed by atoms with Crippen molar-refractivity contribution in [3.05, 3.63) is 82.7 Å². The summed E-state index contributed by atoms with van der Waals surface area (Å²) in [5.41, 5.74) is 3.43. The molecule has 168 valence electrons. The van der Waals surface area contributed by atoms with Crippen LogP contribution in [-0.2, 0) is 26.5 Å².